The van der Waals surface area contributed by atoms with E-state index in [-0.39, 0.29) is 29.4 Å². The fraction of sp³-hybridized carbons (Fsp3) is 0.118. The van der Waals surface area contributed by atoms with Crippen LogP contribution in [0.15, 0.2) is 47.0 Å². The van der Waals surface area contributed by atoms with Crippen molar-refractivity contribution < 1.29 is 23.7 Å². The molecule has 138 valence electrons. The molecule has 27 heavy (non-hydrogen) atoms. The highest BCUT2D eigenvalue weighted by molar-refractivity contribution is 5.95. The standard InChI is InChI=1S/C17H14N4O6/c1-25-12-4-2-3-10(7-12)16-19-15(27-20-16)9-26-17(22)13-8-11(21(23)24)5-6-14(13)18/h2-8H,9,18H2,1H3. The zero-order valence-corrected chi connectivity index (χ0v) is 14.1. The van der Waals surface area contributed by atoms with Gasteiger partial charge in [0.1, 0.15) is 5.75 Å². The van der Waals surface area contributed by atoms with Crippen LogP contribution >= 0.6 is 0 Å². The Bertz CT molecular complexity index is 1000. The number of benzene rings is 2. The molecule has 3 aromatic rings. The van der Waals surface area contributed by atoms with Gasteiger partial charge < -0.3 is 19.7 Å². The van der Waals surface area contributed by atoms with E-state index < -0.39 is 10.9 Å². The van der Waals surface area contributed by atoms with E-state index in [1.165, 1.54) is 12.1 Å². The van der Waals surface area contributed by atoms with Crippen LogP contribution in [0.25, 0.3) is 11.4 Å². The number of anilines is 1. The number of non-ortho nitro benzene ring substituents is 1. The molecule has 1 heterocycles. The van der Waals surface area contributed by atoms with E-state index in [1.807, 2.05) is 0 Å². The van der Waals surface area contributed by atoms with Crippen molar-refractivity contribution in [2.45, 2.75) is 6.61 Å². The molecule has 0 aliphatic heterocycles. The maximum Gasteiger partial charge on any atom is 0.341 e. The van der Waals surface area contributed by atoms with Crippen molar-refractivity contribution in [3.8, 4) is 17.1 Å². The molecule has 0 aliphatic rings. The molecule has 0 saturated heterocycles. The summed E-state index contributed by atoms with van der Waals surface area (Å²) in [5.74, 6) is 0.156. The average Bonchev–Trinajstić information content (AvgIpc) is 3.15. The molecular weight excluding hydrogens is 356 g/mol. The molecule has 0 radical (unpaired) electrons. The first-order valence-corrected chi connectivity index (χ1v) is 7.66. The number of aromatic nitrogens is 2. The second-order valence-electron chi connectivity index (χ2n) is 5.35. The van der Waals surface area contributed by atoms with E-state index in [9.17, 15) is 14.9 Å². The maximum absolute atomic E-state index is 12.1. The number of esters is 1. The van der Waals surface area contributed by atoms with Gasteiger partial charge >= 0.3 is 5.97 Å². The first kappa shape index (κ1) is 17.9. The predicted octanol–water partition coefficient (Wildman–Crippen LogP) is 2.59. The topological polar surface area (TPSA) is 144 Å². The second-order valence-corrected chi connectivity index (χ2v) is 5.35. The first-order chi connectivity index (χ1) is 13.0. The van der Waals surface area contributed by atoms with Gasteiger partial charge in [-0.25, -0.2) is 4.79 Å². The lowest BCUT2D eigenvalue weighted by Crippen LogP contribution is -2.09. The van der Waals surface area contributed by atoms with Crippen LogP contribution in [-0.4, -0.2) is 28.1 Å². The normalized spacial score (nSPS) is 10.4. The van der Waals surface area contributed by atoms with Gasteiger partial charge in [0, 0.05) is 23.4 Å². The van der Waals surface area contributed by atoms with Gasteiger partial charge in [-0.05, 0) is 18.2 Å². The van der Waals surface area contributed by atoms with Crippen LogP contribution in [0.4, 0.5) is 11.4 Å². The van der Waals surface area contributed by atoms with Crippen LogP contribution in [0.3, 0.4) is 0 Å². The van der Waals surface area contributed by atoms with Crippen molar-refractivity contribution >= 4 is 17.3 Å². The van der Waals surface area contributed by atoms with Gasteiger partial charge in [0.05, 0.1) is 17.6 Å². The second kappa shape index (κ2) is 7.52. The third-order valence-corrected chi connectivity index (χ3v) is 3.59. The van der Waals surface area contributed by atoms with E-state index in [4.69, 9.17) is 19.7 Å². The Morgan fingerprint density at radius 3 is 2.85 bits per heavy atom. The number of nitrogens with two attached hydrogens (primary N) is 1. The van der Waals surface area contributed by atoms with Crippen molar-refractivity contribution in [3.63, 3.8) is 0 Å². The Kier molecular flexibility index (Phi) is 4.97. The summed E-state index contributed by atoms with van der Waals surface area (Å²) in [6.07, 6.45) is 0. The average molecular weight is 370 g/mol. The summed E-state index contributed by atoms with van der Waals surface area (Å²) in [4.78, 5) is 26.5. The van der Waals surface area contributed by atoms with Gasteiger partial charge in [-0.15, -0.1) is 0 Å². The quantitative estimate of drug-likeness (QED) is 0.299. The summed E-state index contributed by atoms with van der Waals surface area (Å²) < 4.78 is 15.2. The van der Waals surface area contributed by atoms with Crippen LogP contribution < -0.4 is 10.5 Å². The Morgan fingerprint density at radius 2 is 2.11 bits per heavy atom. The maximum atomic E-state index is 12.1. The summed E-state index contributed by atoms with van der Waals surface area (Å²) in [5.41, 5.74) is 6.03. The minimum atomic E-state index is -0.836. The fourth-order valence-corrected chi connectivity index (χ4v) is 2.23. The molecule has 1 aromatic heterocycles. The van der Waals surface area contributed by atoms with Crippen LogP contribution in [0.2, 0.25) is 0 Å². The van der Waals surface area contributed by atoms with Gasteiger partial charge in [0.25, 0.3) is 11.6 Å². The molecular formula is C17H14N4O6. The SMILES string of the molecule is COc1cccc(-c2noc(COC(=O)c3cc([N+](=O)[O-])ccc3N)n2)c1. The Labute approximate surface area is 152 Å². The summed E-state index contributed by atoms with van der Waals surface area (Å²) in [5, 5.41) is 14.6. The molecule has 0 aliphatic carbocycles. The van der Waals surface area contributed by atoms with Crippen molar-refractivity contribution in [3.05, 3.63) is 64.0 Å². The number of ether oxygens (including phenoxy) is 2. The summed E-state index contributed by atoms with van der Waals surface area (Å²) in [6, 6.07) is 10.6. The van der Waals surface area contributed by atoms with Gasteiger partial charge in [-0.2, -0.15) is 4.98 Å². The number of nitro benzene ring substituents is 1. The first-order valence-electron chi connectivity index (χ1n) is 7.66. The van der Waals surface area contributed by atoms with E-state index >= 15 is 0 Å². The van der Waals surface area contributed by atoms with Gasteiger partial charge in [-0.3, -0.25) is 10.1 Å². The molecule has 0 bridgehead atoms. The van der Waals surface area contributed by atoms with Crippen LogP contribution in [-0.2, 0) is 11.3 Å². The van der Waals surface area contributed by atoms with E-state index in [1.54, 1.807) is 31.4 Å². The number of nitrogen functional groups attached to an aromatic ring is 1. The van der Waals surface area contributed by atoms with Crippen LogP contribution in [0.5, 0.6) is 5.75 Å². The minimum Gasteiger partial charge on any atom is -0.497 e. The van der Waals surface area contributed by atoms with Crippen molar-refractivity contribution in [2.24, 2.45) is 0 Å². The molecule has 0 atom stereocenters. The number of rotatable bonds is 6. The summed E-state index contributed by atoms with van der Waals surface area (Å²) in [7, 11) is 1.54. The van der Waals surface area contributed by atoms with Gasteiger partial charge in [0.15, 0.2) is 6.61 Å². The van der Waals surface area contributed by atoms with E-state index in [0.29, 0.717) is 17.1 Å². The lowest BCUT2D eigenvalue weighted by molar-refractivity contribution is -0.384. The third kappa shape index (κ3) is 4.00. The van der Waals surface area contributed by atoms with Gasteiger partial charge in [0.2, 0.25) is 5.82 Å². The highest BCUT2D eigenvalue weighted by atomic mass is 16.6. The summed E-state index contributed by atoms with van der Waals surface area (Å²) in [6.45, 7) is -0.308. The number of methoxy groups -OCH3 is 1. The third-order valence-electron chi connectivity index (χ3n) is 3.59. The minimum absolute atomic E-state index is 0.0603. The fourth-order valence-electron chi connectivity index (χ4n) is 2.23. The number of hydrogen-bond donors (Lipinski definition) is 1. The molecule has 2 N–H and O–H groups in total. The predicted molar refractivity (Wildman–Crippen MR) is 92.9 cm³/mol. The molecule has 10 heteroatoms. The smallest absolute Gasteiger partial charge is 0.341 e. The Hall–Kier alpha value is -3.95. The number of nitro groups is 1. The molecule has 2 aromatic carbocycles. The lowest BCUT2D eigenvalue weighted by atomic mass is 10.1. The molecule has 0 amide bonds. The number of nitrogens with zero attached hydrogens (tertiary/aromatic N) is 3. The number of carbonyl (C=O) groups is 1. The van der Waals surface area contributed by atoms with E-state index in [0.717, 1.165) is 6.07 Å². The number of carbonyl (C=O) groups excluding carboxylic acids is 1. The highest BCUT2D eigenvalue weighted by Gasteiger charge is 2.18. The van der Waals surface area contributed by atoms with Crippen LogP contribution in [0, 0.1) is 10.1 Å². The Balaban J connectivity index is 1.70. The van der Waals surface area contributed by atoms with Gasteiger partial charge in [-0.1, -0.05) is 17.3 Å². The Morgan fingerprint density at radius 1 is 1.30 bits per heavy atom. The molecule has 0 unspecified atom stereocenters. The van der Waals surface area contributed by atoms with E-state index in [2.05, 4.69) is 10.1 Å². The molecule has 0 saturated carbocycles. The molecule has 10 nitrogen and oxygen atoms in total. The zero-order chi connectivity index (χ0) is 19.4. The number of hydrogen-bond acceptors (Lipinski definition) is 9. The van der Waals surface area contributed by atoms with Crippen molar-refractivity contribution in [2.75, 3.05) is 12.8 Å². The molecule has 0 spiro atoms. The zero-order valence-electron chi connectivity index (χ0n) is 14.1. The molecule has 0 fully saturated rings. The van der Waals surface area contributed by atoms with Crippen molar-refractivity contribution in [1.82, 2.24) is 10.1 Å². The van der Waals surface area contributed by atoms with Crippen LogP contribution in [0.1, 0.15) is 16.2 Å². The largest absolute Gasteiger partial charge is 0.497 e. The lowest BCUT2D eigenvalue weighted by Gasteiger charge is -2.04. The monoisotopic (exact) mass is 370 g/mol. The van der Waals surface area contributed by atoms with Crippen molar-refractivity contribution in [1.29, 1.82) is 0 Å². The highest BCUT2D eigenvalue weighted by Crippen LogP contribution is 2.23. The summed E-state index contributed by atoms with van der Waals surface area (Å²) >= 11 is 0. The molecule has 3 rings (SSSR count).